The fraction of sp³-hybridized carbons (Fsp3) is 0.389. The fourth-order valence-corrected chi connectivity index (χ4v) is 4.36. The van der Waals surface area contributed by atoms with Crippen molar-refractivity contribution in [2.45, 2.75) is 30.5 Å². The van der Waals surface area contributed by atoms with Crippen molar-refractivity contribution in [2.75, 3.05) is 14.1 Å². The summed E-state index contributed by atoms with van der Waals surface area (Å²) in [5.41, 5.74) is -0.772. The molecule has 0 aromatic heterocycles. The number of carbonyl (C=O) groups excluding carboxylic acids is 3. The van der Waals surface area contributed by atoms with Gasteiger partial charge < -0.3 is 9.64 Å². The third-order valence-corrected chi connectivity index (χ3v) is 5.39. The fourth-order valence-electron chi connectivity index (χ4n) is 4.36. The lowest BCUT2D eigenvalue weighted by Crippen LogP contribution is -2.72. The molecule has 0 radical (unpaired) electrons. The zero-order chi connectivity index (χ0) is 18.1. The summed E-state index contributed by atoms with van der Waals surface area (Å²) in [6, 6.07) is 3.63. The number of alkyl halides is 1. The van der Waals surface area contributed by atoms with Crippen molar-refractivity contribution in [3.63, 3.8) is 0 Å². The van der Waals surface area contributed by atoms with Crippen LogP contribution >= 0.6 is 0 Å². The second-order valence-electron chi connectivity index (χ2n) is 6.74. The van der Waals surface area contributed by atoms with E-state index in [1.807, 2.05) is 6.08 Å². The van der Waals surface area contributed by atoms with Crippen LogP contribution in [0.15, 0.2) is 30.4 Å². The summed E-state index contributed by atoms with van der Waals surface area (Å²) in [7, 11) is 2.81. The number of likely N-dealkylation sites (N-methyl/N-ethyl adjacent to an activating group) is 1. The minimum Gasteiger partial charge on any atom is -0.427 e. The molecule has 1 fully saturated rings. The molecule has 5 rings (SSSR count). The molecule has 1 heterocycles. The number of rotatable bonds is 1. The monoisotopic (exact) mass is 344 g/mol. The molecule has 0 spiro atoms. The average Bonchev–Trinajstić information content (AvgIpc) is 2.57. The molecule has 2 bridgehead atoms. The van der Waals surface area contributed by atoms with E-state index < -0.39 is 41.5 Å². The Hall–Kier alpha value is -2.70. The van der Waals surface area contributed by atoms with Gasteiger partial charge >= 0.3 is 12.0 Å². The van der Waals surface area contributed by atoms with Crippen molar-refractivity contribution >= 4 is 17.9 Å². The summed E-state index contributed by atoms with van der Waals surface area (Å²) in [5, 5.41) is 0. The van der Waals surface area contributed by atoms with Gasteiger partial charge in [-0.2, -0.15) is 0 Å². The Bertz CT molecular complexity index is 851. The lowest BCUT2D eigenvalue weighted by Gasteiger charge is -2.55. The first kappa shape index (κ1) is 15.8. The molecule has 130 valence electrons. The predicted octanol–water partition coefficient (Wildman–Crippen LogP) is 1.96. The molecule has 0 N–H and O–H groups in total. The lowest BCUT2D eigenvalue weighted by molar-refractivity contribution is -0.153. The molecule has 1 saturated heterocycles. The van der Waals surface area contributed by atoms with E-state index in [1.54, 1.807) is 24.3 Å². The van der Waals surface area contributed by atoms with Crippen LogP contribution in [0.25, 0.3) is 0 Å². The summed E-state index contributed by atoms with van der Waals surface area (Å²) in [6.45, 7) is 1.29. The largest absolute Gasteiger partial charge is 0.427 e. The third-order valence-electron chi connectivity index (χ3n) is 5.39. The number of allylic oxidation sites excluding steroid dienone is 1. The van der Waals surface area contributed by atoms with Crippen LogP contribution in [0.1, 0.15) is 29.9 Å². The lowest BCUT2D eigenvalue weighted by atomic mass is 9.59. The van der Waals surface area contributed by atoms with Gasteiger partial charge in [0.2, 0.25) is 5.67 Å². The van der Waals surface area contributed by atoms with E-state index in [1.165, 1.54) is 25.9 Å². The van der Waals surface area contributed by atoms with Gasteiger partial charge in [0.05, 0.1) is 6.04 Å². The molecule has 3 aliphatic carbocycles. The van der Waals surface area contributed by atoms with E-state index in [9.17, 15) is 14.4 Å². The van der Waals surface area contributed by atoms with Crippen LogP contribution in [0.4, 0.5) is 9.18 Å². The number of imide groups is 1. The van der Waals surface area contributed by atoms with E-state index in [-0.39, 0.29) is 0 Å². The van der Waals surface area contributed by atoms with E-state index in [0.29, 0.717) is 11.3 Å². The predicted molar refractivity (Wildman–Crippen MR) is 85.9 cm³/mol. The summed E-state index contributed by atoms with van der Waals surface area (Å²) >= 11 is 0. The van der Waals surface area contributed by atoms with E-state index in [0.717, 1.165) is 10.5 Å². The number of halogens is 1. The number of benzene rings is 1. The second-order valence-corrected chi connectivity index (χ2v) is 6.74. The van der Waals surface area contributed by atoms with Crippen molar-refractivity contribution in [3.8, 4) is 5.75 Å². The Morgan fingerprint density at radius 1 is 1.20 bits per heavy atom. The highest BCUT2D eigenvalue weighted by atomic mass is 19.1. The quantitative estimate of drug-likeness (QED) is 0.444. The molecule has 3 amide bonds. The second kappa shape index (κ2) is 4.91. The Balaban J connectivity index is 1.89. The van der Waals surface area contributed by atoms with Crippen LogP contribution in [0, 0.1) is 0 Å². The van der Waals surface area contributed by atoms with Gasteiger partial charge in [-0.15, -0.1) is 0 Å². The number of ether oxygens (including phenoxy) is 1. The zero-order valence-corrected chi connectivity index (χ0v) is 14.0. The zero-order valence-electron chi connectivity index (χ0n) is 14.0. The van der Waals surface area contributed by atoms with Gasteiger partial charge in [-0.05, 0) is 23.3 Å². The number of nitrogens with zero attached hydrogens (tertiary/aromatic N) is 2. The van der Waals surface area contributed by atoms with Crippen molar-refractivity contribution in [1.29, 1.82) is 0 Å². The Morgan fingerprint density at radius 3 is 2.60 bits per heavy atom. The molecule has 7 heteroatoms. The summed E-state index contributed by atoms with van der Waals surface area (Å²) in [5.74, 6) is -2.25. The summed E-state index contributed by atoms with van der Waals surface area (Å²) < 4.78 is 21.2. The highest BCUT2D eigenvalue weighted by Crippen LogP contribution is 2.56. The van der Waals surface area contributed by atoms with Crippen molar-refractivity contribution in [2.24, 2.45) is 0 Å². The molecule has 0 unspecified atom stereocenters. The van der Waals surface area contributed by atoms with Gasteiger partial charge in [-0.3, -0.25) is 14.5 Å². The Labute approximate surface area is 143 Å². The minimum absolute atomic E-state index is 0.313. The van der Waals surface area contributed by atoms with Gasteiger partial charge in [0.25, 0.3) is 5.91 Å². The molecule has 6 nitrogen and oxygen atoms in total. The average molecular weight is 344 g/mol. The topological polar surface area (TPSA) is 66.9 Å². The summed E-state index contributed by atoms with van der Waals surface area (Å²) in [4.78, 5) is 38.3. The molecular weight excluding hydrogens is 327 g/mol. The number of esters is 1. The Kier molecular flexibility index (Phi) is 3.10. The van der Waals surface area contributed by atoms with Gasteiger partial charge in [0.15, 0.2) is 0 Å². The normalized spacial score (nSPS) is 32.6. The number of urea groups is 1. The van der Waals surface area contributed by atoms with Crippen LogP contribution in [0.3, 0.4) is 0 Å². The number of amides is 3. The molecule has 4 aliphatic rings. The highest BCUT2D eigenvalue weighted by molar-refractivity contribution is 6.03. The molecule has 25 heavy (non-hydrogen) atoms. The maximum atomic E-state index is 16.1. The molecule has 1 aliphatic heterocycles. The first-order valence-electron chi connectivity index (χ1n) is 8.01. The Morgan fingerprint density at radius 2 is 1.92 bits per heavy atom. The van der Waals surface area contributed by atoms with Gasteiger partial charge in [0, 0.05) is 32.9 Å². The first-order valence-corrected chi connectivity index (χ1v) is 8.01. The van der Waals surface area contributed by atoms with Crippen molar-refractivity contribution < 1.29 is 23.5 Å². The number of carbonyl (C=O) groups is 3. The van der Waals surface area contributed by atoms with Crippen LogP contribution in [-0.4, -0.2) is 53.5 Å². The standard InChI is InChI=1S/C18H17FN2O4/c1-9(22)25-10-4-5-11-12-6-7-14(13(11)8-10)18(19)15(12)20(2)17(24)21(3)16(18)23/h4-8,12,14-15H,1-3H3/t12-,14+,15+,18+/m0/s1. The summed E-state index contributed by atoms with van der Waals surface area (Å²) in [6.07, 6.45) is 3.53. The molecule has 1 aromatic rings. The van der Waals surface area contributed by atoms with Crippen LogP contribution < -0.4 is 4.74 Å². The van der Waals surface area contributed by atoms with Crippen LogP contribution in [0.5, 0.6) is 5.75 Å². The maximum Gasteiger partial charge on any atom is 0.326 e. The number of hydrogen-bond acceptors (Lipinski definition) is 4. The SMILES string of the molecule is CC(=O)Oc1ccc2c(c1)[C@H]1C=C[C@@H]2[C@H]2N(C)C(=O)N(C)C(=O)[C@@]12F. The maximum absolute atomic E-state index is 16.1. The smallest absolute Gasteiger partial charge is 0.326 e. The highest BCUT2D eigenvalue weighted by Gasteiger charge is 2.66. The molecule has 0 saturated carbocycles. The van der Waals surface area contributed by atoms with Crippen LogP contribution in [0.2, 0.25) is 0 Å². The van der Waals surface area contributed by atoms with E-state index in [4.69, 9.17) is 4.74 Å². The van der Waals surface area contributed by atoms with Gasteiger partial charge in [-0.1, -0.05) is 18.2 Å². The van der Waals surface area contributed by atoms with E-state index >= 15 is 4.39 Å². The van der Waals surface area contributed by atoms with Gasteiger partial charge in [-0.25, -0.2) is 9.18 Å². The van der Waals surface area contributed by atoms with E-state index in [2.05, 4.69) is 0 Å². The first-order chi connectivity index (χ1) is 11.8. The minimum atomic E-state index is -2.24. The van der Waals surface area contributed by atoms with Crippen LogP contribution in [-0.2, 0) is 9.59 Å². The molecular formula is C18H17FN2O4. The number of hydrogen-bond donors (Lipinski definition) is 0. The van der Waals surface area contributed by atoms with Crippen molar-refractivity contribution in [1.82, 2.24) is 9.80 Å². The molecule has 4 atom stereocenters. The third kappa shape index (κ3) is 1.86. The molecule has 1 aromatic carbocycles. The van der Waals surface area contributed by atoms with Gasteiger partial charge in [0.1, 0.15) is 5.75 Å². The van der Waals surface area contributed by atoms with Crippen molar-refractivity contribution in [3.05, 3.63) is 41.5 Å².